The number of fused-ring (bicyclic) bond motifs is 1. The van der Waals surface area contributed by atoms with Gasteiger partial charge in [0.15, 0.2) is 0 Å². The van der Waals surface area contributed by atoms with Crippen molar-refractivity contribution in [2.45, 2.75) is 31.7 Å². The van der Waals surface area contributed by atoms with Crippen LogP contribution in [0.5, 0.6) is 0 Å². The van der Waals surface area contributed by atoms with Crippen LogP contribution >= 0.6 is 0 Å². The molecule has 0 saturated heterocycles. The van der Waals surface area contributed by atoms with Gasteiger partial charge in [0.2, 0.25) is 0 Å². The Morgan fingerprint density at radius 1 is 1.44 bits per heavy atom. The van der Waals surface area contributed by atoms with Crippen LogP contribution in [0, 0.1) is 6.92 Å². The lowest BCUT2D eigenvalue weighted by atomic mass is 10.00. The largest absolute Gasteiger partial charge is 0.325 e. The number of hydrogen-bond acceptors (Lipinski definition) is 2. The second-order valence-electron chi connectivity index (χ2n) is 5.06. The minimum atomic E-state index is 0.0660. The summed E-state index contributed by atoms with van der Waals surface area (Å²) in [5, 5.41) is 5.77. The predicted molar refractivity (Wildman–Crippen MR) is 65.3 cm³/mol. The maximum atomic E-state index is 6.20. The Balaban J connectivity index is 2.16. The van der Waals surface area contributed by atoms with Gasteiger partial charge in [-0.15, -0.1) is 0 Å². The van der Waals surface area contributed by atoms with Gasteiger partial charge in [-0.05, 0) is 37.8 Å². The molecule has 2 aromatic rings. The summed E-state index contributed by atoms with van der Waals surface area (Å²) in [5.41, 5.74) is 9.93. The van der Waals surface area contributed by atoms with Gasteiger partial charge >= 0.3 is 0 Å². The van der Waals surface area contributed by atoms with Gasteiger partial charge in [-0.3, -0.25) is 4.68 Å². The molecule has 1 aliphatic rings. The van der Waals surface area contributed by atoms with Gasteiger partial charge in [-0.1, -0.05) is 12.1 Å². The van der Waals surface area contributed by atoms with Crippen LogP contribution in [-0.4, -0.2) is 15.3 Å². The predicted octanol–water partition coefficient (Wildman–Crippen LogP) is 1.92. The van der Waals surface area contributed by atoms with Gasteiger partial charge in [-0.2, -0.15) is 5.10 Å². The van der Waals surface area contributed by atoms with Crippen molar-refractivity contribution in [3.8, 4) is 0 Å². The lowest BCUT2D eigenvalue weighted by Crippen LogP contribution is -2.24. The van der Waals surface area contributed by atoms with E-state index in [9.17, 15) is 0 Å². The molecular formula is C13H17N3. The van der Waals surface area contributed by atoms with Crippen molar-refractivity contribution in [1.29, 1.82) is 0 Å². The second kappa shape index (κ2) is 3.08. The number of benzene rings is 1. The quantitative estimate of drug-likeness (QED) is 0.831. The van der Waals surface area contributed by atoms with Crippen molar-refractivity contribution in [3.05, 3.63) is 29.5 Å². The topological polar surface area (TPSA) is 43.8 Å². The van der Waals surface area contributed by atoms with Crippen LogP contribution in [0.3, 0.4) is 0 Å². The highest BCUT2D eigenvalue weighted by Gasteiger charge is 2.38. The van der Waals surface area contributed by atoms with Gasteiger partial charge in [0.05, 0.1) is 11.2 Å². The molecule has 3 heteroatoms. The van der Waals surface area contributed by atoms with Crippen LogP contribution in [0.15, 0.2) is 18.2 Å². The van der Waals surface area contributed by atoms with Crippen molar-refractivity contribution >= 4 is 10.9 Å². The first-order valence-corrected chi connectivity index (χ1v) is 5.79. The third-order valence-electron chi connectivity index (χ3n) is 3.57. The summed E-state index contributed by atoms with van der Waals surface area (Å²) in [6.45, 7) is 2.07. The highest BCUT2D eigenvalue weighted by molar-refractivity contribution is 5.85. The summed E-state index contributed by atoms with van der Waals surface area (Å²) in [7, 11) is 1.99. The second-order valence-corrected chi connectivity index (χ2v) is 5.06. The van der Waals surface area contributed by atoms with Gasteiger partial charge in [-0.25, -0.2) is 0 Å². The molecule has 1 heterocycles. The molecule has 0 radical (unpaired) electrons. The maximum absolute atomic E-state index is 6.20. The molecular weight excluding hydrogens is 198 g/mol. The van der Waals surface area contributed by atoms with Crippen LogP contribution in [0.4, 0.5) is 0 Å². The molecule has 1 aromatic heterocycles. The molecule has 3 rings (SSSR count). The summed E-state index contributed by atoms with van der Waals surface area (Å²) in [5.74, 6) is 0. The van der Waals surface area contributed by atoms with E-state index in [0.29, 0.717) is 0 Å². The van der Waals surface area contributed by atoms with Crippen LogP contribution < -0.4 is 5.73 Å². The van der Waals surface area contributed by atoms with Gasteiger partial charge < -0.3 is 5.73 Å². The molecule has 84 valence electrons. The summed E-state index contributed by atoms with van der Waals surface area (Å²) < 4.78 is 1.95. The smallest absolute Gasteiger partial charge is 0.0684 e. The number of rotatable bonds is 2. The monoisotopic (exact) mass is 215 g/mol. The molecule has 1 saturated carbocycles. The Morgan fingerprint density at radius 2 is 2.19 bits per heavy atom. The van der Waals surface area contributed by atoms with E-state index < -0.39 is 0 Å². The molecule has 1 aromatic carbocycles. The molecule has 0 atom stereocenters. The van der Waals surface area contributed by atoms with Crippen molar-refractivity contribution in [1.82, 2.24) is 9.78 Å². The SMILES string of the molecule is Cc1nn(C)c2cccc(CC3(N)CC3)c12. The van der Waals surface area contributed by atoms with E-state index >= 15 is 0 Å². The number of nitrogens with zero attached hydrogens (tertiary/aromatic N) is 2. The zero-order chi connectivity index (χ0) is 11.3. The van der Waals surface area contributed by atoms with Crippen LogP contribution in [-0.2, 0) is 13.5 Å². The number of aryl methyl sites for hydroxylation is 2. The zero-order valence-corrected chi connectivity index (χ0v) is 9.83. The Bertz CT molecular complexity index is 550. The van der Waals surface area contributed by atoms with Crippen LogP contribution in [0.2, 0.25) is 0 Å². The van der Waals surface area contributed by atoms with Crippen molar-refractivity contribution in [3.63, 3.8) is 0 Å². The lowest BCUT2D eigenvalue weighted by molar-refractivity contribution is 0.675. The van der Waals surface area contributed by atoms with E-state index in [4.69, 9.17) is 5.73 Å². The summed E-state index contributed by atoms with van der Waals surface area (Å²) in [6, 6.07) is 6.41. The van der Waals surface area contributed by atoms with Crippen molar-refractivity contribution < 1.29 is 0 Å². The fourth-order valence-corrected chi connectivity index (χ4v) is 2.47. The molecule has 0 amide bonds. The van der Waals surface area contributed by atoms with E-state index in [1.807, 2.05) is 11.7 Å². The fraction of sp³-hybridized carbons (Fsp3) is 0.462. The maximum Gasteiger partial charge on any atom is 0.0684 e. The molecule has 0 bridgehead atoms. The minimum absolute atomic E-state index is 0.0660. The average molecular weight is 215 g/mol. The Kier molecular flexibility index (Phi) is 1.89. The van der Waals surface area contributed by atoms with Gasteiger partial charge in [0, 0.05) is 18.0 Å². The molecule has 0 spiro atoms. The van der Waals surface area contributed by atoms with E-state index in [1.54, 1.807) is 0 Å². The van der Waals surface area contributed by atoms with Crippen LogP contribution in [0.25, 0.3) is 10.9 Å². The van der Waals surface area contributed by atoms with E-state index in [1.165, 1.54) is 16.5 Å². The fourth-order valence-electron chi connectivity index (χ4n) is 2.47. The van der Waals surface area contributed by atoms with E-state index in [2.05, 4.69) is 30.2 Å². The molecule has 2 N–H and O–H groups in total. The van der Waals surface area contributed by atoms with E-state index in [-0.39, 0.29) is 5.54 Å². The normalized spacial score (nSPS) is 17.9. The number of nitrogens with two attached hydrogens (primary N) is 1. The summed E-state index contributed by atoms with van der Waals surface area (Å²) >= 11 is 0. The van der Waals surface area contributed by atoms with Crippen molar-refractivity contribution in [2.24, 2.45) is 12.8 Å². The minimum Gasteiger partial charge on any atom is -0.325 e. The third kappa shape index (κ3) is 1.43. The molecule has 1 fully saturated rings. The Hall–Kier alpha value is -1.35. The Labute approximate surface area is 95.2 Å². The lowest BCUT2D eigenvalue weighted by Gasteiger charge is -2.09. The number of hydrogen-bond donors (Lipinski definition) is 1. The molecule has 0 aliphatic heterocycles. The Morgan fingerprint density at radius 3 is 2.88 bits per heavy atom. The molecule has 1 aliphatic carbocycles. The zero-order valence-electron chi connectivity index (χ0n) is 9.83. The highest BCUT2D eigenvalue weighted by Crippen LogP contribution is 2.37. The summed E-state index contributed by atoms with van der Waals surface area (Å²) in [4.78, 5) is 0. The van der Waals surface area contributed by atoms with Crippen molar-refractivity contribution in [2.75, 3.05) is 0 Å². The highest BCUT2D eigenvalue weighted by atomic mass is 15.3. The first-order chi connectivity index (χ1) is 7.59. The molecule has 3 nitrogen and oxygen atoms in total. The van der Waals surface area contributed by atoms with E-state index in [0.717, 1.165) is 25.0 Å². The third-order valence-corrected chi connectivity index (χ3v) is 3.57. The first-order valence-electron chi connectivity index (χ1n) is 5.79. The van der Waals surface area contributed by atoms with Gasteiger partial charge in [0.1, 0.15) is 0 Å². The standard InChI is InChI=1S/C13H17N3/c1-9-12-10(8-13(14)6-7-13)4-3-5-11(12)16(2)15-9/h3-5H,6-8,14H2,1-2H3. The molecule has 0 unspecified atom stereocenters. The van der Waals surface area contributed by atoms with Gasteiger partial charge in [0.25, 0.3) is 0 Å². The average Bonchev–Trinajstić information content (AvgIpc) is 2.87. The van der Waals surface area contributed by atoms with Crippen LogP contribution in [0.1, 0.15) is 24.1 Å². The number of aromatic nitrogens is 2. The summed E-state index contributed by atoms with van der Waals surface area (Å²) in [6.07, 6.45) is 3.29. The molecule has 16 heavy (non-hydrogen) atoms. The first kappa shape index (κ1) is 9.85.